The fourth-order valence-electron chi connectivity index (χ4n) is 6.39. The van der Waals surface area contributed by atoms with E-state index >= 15 is 0 Å². The summed E-state index contributed by atoms with van der Waals surface area (Å²) in [5.74, 6) is 3.55. The standard InChI is InChI=1S/C42H61.Li/c1-23(2)31-17-35(27(9)10)41(36(18-31)28(11)12)39-22-40(34(26(7)8)21-33(39)25(5)6)42-37(29(13)14)19-32(24(3)4)20-38(42)30(15)16;/h17-21,23-30H,1-16H3;/q-1;+1. The minimum atomic E-state index is 0. The number of benzene rings is 3. The first-order chi connectivity index (χ1) is 19.5. The maximum atomic E-state index is 4.26. The van der Waals surface area contributed by atoms with E-state index < -0.39 is 0 Å². The van der Waals surface area contributed by atoms with Crippen molar-refractivity contribution in [2.75, 3.05) is 0 Å². The predicted octanol–water partition coefficient (Wildman–Crippen LogP) is 10.8. The van der Waals surface area contributed by atoms with Gasteiger partial charge in [-0.3, -0.25) is 0 Å². The molecule has 0 saturated carbocycles. The van der Waals surface area contributed by atoms with E-state index in [4.69, 9.17) is 0 Å². The Kier molecular flexibility index (Phi) is 13.1. The third-order valence-corrected chi connectivity index (χ3v) is 9.15. The van der Waals surface area contributed by atoms with Crippen molar-refractivity contribution in [1.82, 2.24) is 0 Å². The Morgan fingerprint density at radius 2 is 0.558 bits per heavy atom. The Bertz CT molecular complexity index is 1220. The molecule has 0 aromatic heterocycles. The summed E-state index contributed by atoms with van der Waals surface area (Å²) in [4.78, 5) is 0. The SMILES string of the molecule is CC(C)c1cc(C(C)C)c(-c2[c-]c(-c3c(C(C)C)cc(C(C)C)cc3C(C)C)c(C(C)C)cc2C(C)C)c(C(C)C)c1.[Li+]. The monoisotopic (exact) mass is 572 g/mol. The molecule has 3 aromatic rings. The number of hydrogen-bond donors (Lipinski definition) is 0. The van der Waals surface area contributed by atoms with Gasteiger partial charge in [0.05, 0.1) is 0 Å². The molecule has 0 bridgehead atoms. The zero-order valence-electron chi connectivity index (χ0n) is 31.0. The zero-order valence-corrected chi connectivity index (χ0v) is 31.0. The zero-order chi connectivity index (χ0) is 31.8. The summed E-state index contributed by atoms with van der Waals surface area (Å²) in [5.41, 5.74) is 17.1. The van der Waals surface area contributed by atoms with Gasteiger partial charge in [-0.15, -0.1) is 34.4 Å². The van der Waals surface area contributed by atoms with Gasteiger partial charge in [0, 0.05) is 0 Å². The van der Waals surface area contributed by atoms with Crippen molar-refractivity contribution in [1.29, 1.82) is 0 Å². The Hall–Kier alpha value is -1.74. The largest absolute Gasteiger partial charge is 1.00 e. The maximum absolute atomic E-state index is 4.26. The van der Waals surface area contributed by atoms with Crippen LogP contribution in [0.5, 0.6) is 0 Å². The van der Waals surface area contributed by atoms with Crippen molar-refractivity contribution in [2.24, 2.45) is 0 Å². The van der Waals surface area contributed by atoms with E-state index in [1.165, 1.54) is 66.8 Å². The molecule has 3 rings (SSSR count). The predicted molar refractivity (Wildman–Crippen MR) is 189 cm³/mol. The summed E-state index contributed by atoms with van der Waals surface area (Å²) >= 11 is 0. The van der Waals surface area contributed by atoms with Gasteiger partial charge in [-0.2, -0.15) is 0 Å². The van der Waals surface area contributed by atoms with Gasteiger partial charge in [0.15, 0.2) is 0 Å². The molecule has 230 valence electrons. The van der Waals surface area contributed by atoms with E-state index in [9.17, 15) is 0 Å². The fraction of sp³-hybridized carbons (Fsp3) is 0.571. The first-order valence-corrected chi connectivity index (χ1v) is 16.9. The molecule has 0 aliphatic heterocycles. The second-order valence-corrected chi connectivity index (χ2v) is 15.3. The summed E-state index contributed by atoms with van der Waals surface area (Å²) < 4.78 is 0. The molecule has 0 amide bonds. The molecule has 0 atom stereocenters. The van der Waals surface area contributed by atoms with Crippen LogP contribution in [0, 0.1) is 6.07 Å². The minimum Gasteiger partial charge on any atom is -0.122 e. The van der Waals surface area contributed by atoms with Crippen LogP contribution in [0.4, 0.5) is 0 Å². The topological polar surface area (TPSA) is 0 Å². The molecule has 0 N–H and O–H groups in total. The van der Waals surface area contributed by atoms with E-state index in [2.05, 4.69) is 147 Å². The average Bonchev–Trinajstić information content (AvgIpc) is 2.90. The van der Waals surface area contributed by atoms with Crippen LogP contribution in [0.15, 0.2) is 30.3 Å². The summed E-state index contributed by atoms with van der Waals surface area (Å²) in [6.45, 7) is 37.7. The van der Waals surface area contributed by atoms with E-state index in [1.54, 1.807) is 0 Å². The van der Waals surface area contributed by atoms with Crippen LogP contribution in [0.2, 0.25) is 0 Å². The number of hydrogen-bond acceptors (Lipinski definition) is 0. The molecule has 0 unspecified atom stereocenters. The van der Waals surface area contributed by atoms with Crippen LogP contribution in [0.1, 0.15) is 203 Å². The molecule has 0 spiro atoms. The van der Waals surface area contributed by atoms with Crippen molar-refractivity contribution in [3.05, 3.63) is 80.9 Å². The Labute approximate surface area is 279 Å². The average molecular weight is 573 g/mol. The summed E-state index contributed by atoms with van der Waals surface area (Å²) in [7, 11) is 0. The molecule has 0 radical (unpaired) electrons. The van der Waals surface area contributed by atoms with Gasteiger partial charge in [-0.05, 0) is 58.5 Å². The van der Waals surface area contributed by atoms with Gasteiger partial charge in [0.1, 0.15) is 0 Å². The van der Waals surface area contributed by atoms with E-state index in [0.29, 0.717) is 47.3 Å². The molecule has 0 saturated heterocycles. The van der Waals surface area contributed by atoms with Gasteiger partial charge in [0.25, 0.3) is 0 Å². The van der Waals surface area contributed by atoms with E-state index in [-0.39, 0.29) is 18.9 Å². The van der Waals surface area contributed by atoms with Crippen molar-refractivity contribution < 1.29 is 18.9 Å². The second-order valence-electron chi connectivity index (χ2n) is 15.3. The molecule has 0 nitrogen and oxygen atoms in total. The van der Waals surface area contributed by atoms with Gasteiger partial charge < -0.3 is 0 Å². The first kappa shape index (κ1) is 37.4. The Morgan fingerprint density at radius 1 is 0.326 bits per heavy atom. The third kappa shape index (κ3) is 7.92. The van der Waals surface area contributed by atoms with Crippen LogP contribution in [0.3, 0.4) is 0 Å². The Balaban J connectivity index is 0.00000645. The molecule has 3 aromatic carbocycles. The van der Waals surface area contributed by atoms with E-state index in [0.717, 1.165) is 0 Å². The summed E-state index contributed by atoms with van der Waals surface area (Å²) in [5, 5.41) is 0. The van der Waals surface area contributed by atoms with Crippen molar-refractivity contribution >= 4 is 0 Å². The van der Waals surface area contributed by atoms with Crippen LogP contribution in [0.25, 0.3) is 22.3 Å². The van der Waals surface area contributed by atoms with Gasteiger partial charge in [-0.25, -0.2) is 0 Å². The van der Waals surface area contributed by atoms with Crippen LogP contribution >= 0.6 is 0 Å². The summed E-state index contributed by atoms with van der Waals surface area (Å²) in [6, 6.07) is 16.8. The quantitative estimate of drug-likeness (QED) is 0.167. The van der Waals surface area contributed by atoms with Crippen molar-refractivity contribution in [2.45, 2.75) is 158 Å². The van der Waals surface area contributed by atoms with E-state index in [1.807, 2.05) is 0 Å². The maximum Gasteiger partial charge on any atom is 1.00 e. The molecular formula is C42H61Li. The van der Waals surface area contributed by atoms with Gasteiger partial charge in [-0.1, -0.05) is 168 Å². The first-order valence-electron chi connectivity index (χ1n) is 16.9. The third-order valence-electron chi connectivity index (χ3n) is 9.15. The fourth-order valence-corrected chi connectivity index (χ4v) is 6.39. The van der Waals surface area contributed by atoms with Crippen LogP contribution in [-0.2, 0) is 0 Å². The molecule has 0 heterocycles. The van der Waals surface area contributed by atoms with Crippen LogP contribution < -0.4 is 18.9 Å². The van der Waals surface area contributed by atoms with Gasteiger partial charge in [0.2, 0.25) is 0 Å². The molecule has 0 aliphatic carbocycles. The molecule has 0 fully saturated rings. The van der Waals surface area contributed by atoms with Crippen molar-refractivity contribution in [3.63, 3.8) is 0 Å². The van der Waals surface area contributed by atoms with Gasteiger partial charge >= 0.3 is 18.9 Å². The molecule has 43 heavy (non-hydrogen) atoms. The molecular weight excluding hydrogens is 511 g/mol. The van der Waals surface area contributed by atoms with Crippen LogP contribution in [-0.4, -0.2) is 0 Å². The second kappa shape index (κ2) is 15.0. The van der Waals surface area contributed by atoms with Crippen molar-refractivity contribution in [3.8, 4) is 22.3 Å². The molecule has 1 heteroatoms. The number of rotatable bonds is 10. The minimum absolute atomic E-state index is 0. The summed E-state index contributed by atoms with van der Waals surface area (Å²) in [6.07, 6.45) is 0. The molecule has 0 aliphatic rings. The smallest absolute Gasteiger partial charge is 0.122 e. The Morgan fingerprint density at radius 3 is 0.744 bits per heavy atom. The normalized spacial score (nSPS) is 12.3.